The standard InChI is InChI=1S/C12H18ClN/c1-9(2)10(3)14-8-11-5-4-6-12(13)7-11/h4-7,9-10,14H,8H2,1-3H3/t10-/m1/s1. The number of halogens is 1. The average Bonchev–Trinajstić information content (AvgIpc) is 2.14. The molecule has 0 saturated heterocycles. The highest BCUT2D eigenvalue weighted by Gasteiger charge is 2.05. The smallest absolute Gasteiger partial charge is 0.0409 e. The Balaban J connectivity index is 2.45. The highest BCUT2D eigenvalue weighted by molar-refractivity contribution is 6.30. The third-order valence-corrected chi connectivity index (χ3v) is 2.75. The van der Waals surface area contributed by atoms with Crippen LogP contribution in [0.4, 0.5) is 0 Å². The van der Waals surface area contributed by atoms with E-state index in [9.17, 15) is 0 Å². The van der Waals surface area contributed by atoms with E-state index in [1.807, 2.05) is 18.2 Å². The van der Waals surface area contributed by atoms with Crippen LogP contribution in [0.5, 0.6) is 0 Å². The van der Waals surface area contributed by atoms with Gasteiger partial charge in [0.2, 0.25) is 0 Å². The van der Waals surface area contributed by atoms with Gasteiger partial charge in [0.25, 0.3) is 0 Å². The van der Waals surface area contributed by atoms with E-state index < -0.39 is 0 Å². The van der Waals surface area contributed by atoms with E-state index in [0.717, 1.165) is 11.6 Å². The van der Waals surface area contributed by atoms with Gasteiger partial charge in [-0.15, -0.1) is 0 Å². The fraction of sp³-hybridized carbons (Fsp3) is 0.500. The predicted octanol–water partition coefficient (Wildman–Crippen LogP) is 3.47. The molecule has 1 N–H and O–H groups in total. The number of hydrogen-bond donors (Lipinski definition) is 1. The van der Waals surface area contributed by atoms with Crippen molar-refractivity contribution >= 4 is 11.6 Å². The second-order valence-corrected chi connectivity index (χ2v) is 4.48. The number of benzene rings is 1. The number of rotatable bonds is 4. The third-order valence-electron chi connectivity index (χ3n) is 2.52. The summed E-state index contributed by atoms with van der Waals surface area (Å²) in [7, 11) is 0. The summed E-state index contributed by atoms with van der Waals surface area (Å²) in [5.41, 5.74) is 1.24. The molecule has 0 radical (unpaired) electrons. The Hall–Kier alpha value is -0.530. The molecule has 0 fully saturated rings. The largest absolute Gasteiger partial charge is 0.310 e. The molecule has 1 rings (SSSR count). The van der Waals surface area contributed by atoms with Gasteiger partial charge >= 0.3 is 0 Å². The van der Waals surface area contributed by atoms with Crippen LogP contribution in [-0.4, -0.2) is 6.04 Å². The van der Waals surface area contributed by atoms with E-state index in [1.165, 1.54) is 5.56 Å². The maximum atomic E-state index is 5.89. The highest BCUT2D eigenvalue weighted by atomic mass is 35.5. The van der Waals surface area contributed by atoms with Crippen LogP contribution < -0.4 is 5.32 Å². The van der Waals surface area contributed by atoms with Crippen LogP contribution in [0.3, 0.4) is 0 Å². The van der Waals surface area contributed by atoms with Crippen LogP contribution >= 0.6 is 11.6 Å². The molecular formula is C12H18ClN. The van der Waals surface area contributed by atoms with E-state index in [4.69, 9.17) is 11.6 Å². The van der Waals surface area contributed by atoms with E-state index in [-0.39, 0.29) is 0 Å². The van der Waals surface area contributed by atoms with Crippen molar-refractivity contribution in [2.24, 2.45) is 5.92 Å². The summed E-state index contributed by atoms with van der Waals surface area (Å²) in [5.74, 6) is 0.661. The summed E-state index contributed by atoms with van der Waals surface area (Å²) in [6.07, 6.45) is 0. The van der Waals surface area contributed by atoms with Crippen molar-refractivity contribution in [2.75, 3.05) is 0 Å². The SMILES string of the molecule is CC(C)[C@@H](C)NCc1cccc(Cl)c1. The Bertz CT molecular complexity index is 283. The fourth-order valence-corrected chi connectivity index (χ4v) is 1.37. The Morgan fingerprint density at radius 2 is 2.00 bits per heavy atom. The summed E-state index contributed by atoms with van der Waals surface area (Å²) in [4.78, 5) is 0. The Labute approximate surface area is 91.5 Å². The van der Waals surface area contributed by atoms with Gasteiger partial charge in [-0.3, -0.25) is 0 Å². The molecule has 14 heavy (non-hydrogen) atoms. The van der Waals surface area contributed by atoms with Crippen LogP contribution in [0, 0.1) is 5.92 Å². The molecule has 1 nitrogen and oxygen atoms in total. The third kappa shape index (κ3) is 3.69. The van der Waals surface area contributed by atoms with Gasteiger partial charge in [-0.25, -0.2) is 0 Å². The van der Waals surface area contributed by atoms with Crippen LogP contribution in [0.2, 0.25) is 5.02 Å². The molecule has 1 aromatic rings. The van der Waals surface area contributed by atoms with Gasteiger partial charge in [0.15, 0.2) is 0 Å². The van der Waals surface area contributed by atoms with Gasteiger partial charge in [-0.1, -0.05) is 37.6 Å². The second-order valence-electron chi connectivity index (χ2n) is 4.04. The maximum Gasteiger partial charge on any atom is 0.0409 e. The Morgan fingerprint density at radius 1 is 1.29 bits per heavy atom. The molecule has 0 aliphatic carbocycles. The molecule has 2 heteroatoms. The van der Waals surface area contributed by atoms with Crippen LogP contribution in [0.1, 0.15) is 26.3 Å². The summed E-state index contributed by atoms with van der Waals surface area (Å²) in [6, 6.07) is 8.51. The van der Waals surface area contributed by atoms with Crippen LogP contribution in [-0.2, 0) is 6.54 Å². The zero-order valence-electron chi connectivity index (χ0n) is 9.05. The predicted molar refractivity (Wildman–Crippen MR) is 62.6 cm³/mol. The Kier molecular flexibility index (Phi) is 4.43. The van der Waals surface area contributed by atoms with Crippen molar-refractivity contribution in [1.29, 1.82) is 0 Å². The molecule has 1 atom stereocenters. The summed E-state index contributed by atoms with van der Waals surface area (Å²) >= 11 is 5.89. The molecule has 0 aliphatic heterocycles. The van der Waals surface area contributed by atoms with Gasteiger partial charge in [-0.05, 0) is 30.5 Å². The monoisotopic (exact) mass is 211 g/mol. The number of nitrogens with one attached hydrogen (secondary N) is 1. The lowest BCUT2D eigenvalue weighted by molar-refractivity contribution is 0.426. The first-order valence-electron chi connectivity index (χ1n) is 5.07. The van der Waals surface area contributed by atoms with Crippen LogP contribution in [0.15, 0.2) is 24.3 Å². The van der Waals surface area contributed by atoms with E-state index >= 15 is 0 Å². The topological polar surface area (TPSA) is 12.0 Å². The van der Waals surface area contributed by atoms with Gasteiger partial charge in [0.05, 0.1) is 0 Å². The fourth-order valence-electron chi connectivity index (χ4n) is 1.16. The van der Waals surface area contributed by atoms with Crippen molar-refractivity contribution in [3.63, 3.8) is 0 Å². The van der Waals surface area contributed by atoms with Gasteiger partial charge in [0.1, 0.15) is 0 Å². The maximum absolute atomic E-state index is 5.89. The molecule has 0 saturated carbocycles. The molecule has 1 aromatic carbocycles. The van der Waals surface area contributed by atoms with Crippen molar-refractivity contribution in [1.82, 2.24) is 5.32 Å². The van der Waals surface area contributed by atoms with Crippen molar-refractivity contribution in [3.8, 4) is 0 Å². The zero-order chi connectivity index (χ0) is 10.6. The highest BCUT2D eigenvalue weighted by Crippen LogP contribution is 2.11. The molecule has 0 amide bonds. The minimum atomic E-state index is 0.536. The molecule has 0 unspecified atom stereocenters. The normalized spacial score (nSPS) is 13.2. The van der Waals surface area contributed by atoms with Crippen molar-refractivity contribution in [3.05, 3.63) is 34.9 Å². The quantitative estimate of drug-likeness (QED) is 0.804. The molecule has 0 heterocycles. The van der Waals surface area contributed by atoms with E-state index in [1.54, 1.807) is 0 Å². The van der Waals surface area contributed by atoms with Gasteiger partial charge in [0, 0.05) is 17.6 Å². The molecular weight excluding hydrogens is 194 g/mol. The molecule has 0 aliphatic rings. The van der Waals surface area contributed by atoms with Crippen molar-refractivity contribution < 1.29 is 0 Å². The van der Waals surface area contributed by atoms with E-state index in [2.05, 4.69) is 32.2 Å². The number of hydrogen-bond acceptors (Lipinski definition) is 1. The van der Waals surface area contributed by atoms with Gasteiger partial charge in [-0.2, -0.15) is 0 Å². The van der Waals surface area contributed by atoms with E-state index in [0.29, 0.717) is 12.0 Å². The van der Waals surface area contributed by atoms with Crippen molar-refractivity contribution in [2.45, 2.75) is 33.4 Å². The van der Waals surface area contributed by atoms with Crippen LogP contribution in [0.25, 0.3) is 0 Å². The second kappa shape index (κ2) is 5.38. The molecule has 0 aromatic heterocycles. The lowest BCUT2D eigenvalue weighted by Gasteiger charge is -2.17. The minimum Gasteiger partial charge on any atom is -0.310 e. The summed E-state index contributed by atoms with van der Waals surface area (Å²) in [5, 5.41) is 4.27. The Morgan fingerprint density at radius 3 is 2.57 bits per heavy atom. The first-order valence-corrected chi connectivity index (χ1v) is 5.45. The molecule has 78 valence electrons. The minimum absolute atomic E-state index is 0.536. The summed E-state index contributed by atoms with van der Waals surface area (Å²) < 4.78 is 0. The lowest BCUT2D eigenvalue weighted by atomic mass is 10.1. The molecule has 0 bridgehead atoms. The lowest BCUT2D eigenvalue weighted by Crippen LogP contribution is -2.30. The first kappa shape index (κ1) is 11.5. The average molecular weight is 212 g/mol. The zero-order valence-corrected chi connectivity index (χ0v) is 9.81. The first-order chi connectivity index (χ1) is 6.59. The molecule has 0 spiro atoms. The summed E-state index contributed by atoms with van der Waals surface area (Å²) in [6.45, 7) is 7.53. The van der Waals surface area contributed by atoms with Gasteiger partial charge < -0.3 is 5.32 Å².